The van der Waals surface area contributed by atoms with Crippen LogP contribution in [0, 0.1) is 6.92 Å². The number of aromatic nitrogens is 2. The molecule has 0 saturated carbocycles. The molecule has 0 fully saturated rings. The van der Waals surface area contributed by atoms with E-state index in [1.807, 2.05) is 31.2 Å². The van der Waals surface area contributed by atoms with Crippen molar-refractivity contribution in [1.29, 1.82) is 0 Å². The average molecular weight is 491 g/mol. The van der Waals surface area contributed by atoms with E-state index in [0.717, 1.165) is 11.3 Å². The Kier molecular flexibility index (Phi) is 6.74. The van der Waals surface area contributed by atoms with E-state index in [-0.39, 0.29) is 23.2 Å². The standard InChI is InChI=1S/C23H18Cl3N3O3/c1-14-4-2-5-15(10-14)31-13-16-8-9-21(32-16)23(30)27-22-20(26)12-29(28-22)11-17-18(24)6-3-7-19(17)25/h2-10,12H,11,13H2,1H3,(H,27,28,30). The Bertz CT molecular complexity index is 1250. The number of aryl methyl sites for hydroxylation is 1. The number of ether oxygens (including phenoxy) is 1. The average Bonchev–Trinajstić information content (AvgIpc) is 3.36. The summed E-state index contributed by atoms with van der Waals surface area (Å²) < 4.78 is 12.8. The van der Waals surface area contributed by atoms with E-state index in [4.69, 9.17) is 44.0 Å². The van der Waals surface area contributed by atoms with Gasteiger partial charge in [0, 0.05) is 21.8 Å². The van der Waals surface area contributed by atoms with Crippen LogP contribution in [0.2, 0.25) is 15.1 Å². The zero-order valence-corrected chi connectivity index (χ0v) is 19.2. The summed E-state index contributed by atoms with van der Waals surface area (Å²) in [5, 5.41) is 8.28. The second-order valence-electron chi connectivity index (χ2n) is 7.05. The molecule has 1 N–H and O–H groups in total. The molecule has 0 saturated heterocycles. The molecule has 0 aliphatic rings. The van der Waals surface area contributed by atoms with Gasteiger partial charge in [-0.3, -0.25) is 9.48 Å². The minimum absolute atomic E-state index is 0.118. The first kappa shape index (κ1) is 22.3. The predicted molar refractivity (Wildman–Crippen MR) is 125 cm³/mol. The molecule has 32 heavy (non-hydrogen) atoms. The summed E-state index contributed by atoms with van der Waals surface area (Å²) in [7, 11) is 0. The summed E-state index contributed by atoms with van der Waals surface area (Å²) in [5.74, 6) is 1.08. The van der Waals surface area contributed by atoms with Crippen LogP contribution in [0.1, 0.15) is 27.4 Å². The van der Waals surface area contributed by atoms with E-state index in [1.54, 1.807) is 41.2 Å². The number of hydrogen-bond donors (Lipinski definition) is 1. The van der Waals surface area contributed by atoms with E-state index in [0.29, 0.717) is 27.9 Å². The van der Waals surface area contributed by atoms with E-state index >= 15 is 0 Å². The topological polar surface area (TPSA) is 69.3 Å². The van der Waals surface area contributed by atoms with Crippen molar-refractivity contribution in [3.63, 3.8) is 0 Å². The molecule has 2 aromatic carbocycles. The Balaban J connectivity index is 1.40. The van der Waals surface area contributed by atoms with Gasteiger partial charge in [-0.05, 0) is 48.9 Å². The molecule has 9 heteroatoms. The lowest BCUT2D eigenvalue weighted by Crippen LogP contribution is -2.12. The predicted octanol–water partition coefficient (Wildman–Crippen LogP) is 6.62. The molecule has 2 heterocycles. The van der Waals surface area contributed by atoms with Crippen LogP contribution >= 0.6 is 34.8 Å². The van der Waals surface area contributed by atoms with Crippen LogP contribution in [0.25, 0.3) is 0 Å². The maximum absolute atomic E-state index is 12.6. The molecule has 0 aliphatic carbocycles. The van der Waals surface area contributed by atoms with Crippen LogP contribution < -0.4 is 10.1 Å². The number of nitrogens with one attached hydrogen (secondary N) is 1. The van der Waals surface area contributed by atoms with Crippen LogP contribution in [0.15, 0.2) is 65.2 Å². The van der Waals surface area contributed by atoms with Crippen LogP contribution in [0.3, 0.4) is 0 Å². The summed E-state index contributed by atoms with van der Waals surface area (Å²) in [4.78, 5) is 12.6. The Hall–Kier alpha value is -2.93. The van der Waals surface area contributed by atoms with E-state index in [1.165, 1.54) is 0 Å². The van der Waals surface area contributed by atoms with Crippen molar-refractivity contribution in [3.05, 3.63) is 98.5 Å². The normalized spacial score (nSPS) is 10.9. The molecule has 0 unspecified atom stereocenters. The lowest BCUT2D eigenvalue weighted by atomic mass is 10.2. The Labute approximate surface area is 199 Å². The van der Waals surface area contributed by atoms with Crippen molar-refractivity contribution < 1.29 is 13.9 Å². The summed E-state index contributed by atoms with van der Waals surface area (Å²) >= 11 is 18.7. The summed E-state index contributed by atoms with van der Waals surface area (Å²) in [6.45, 7) is 2.48. The number of halogens is 3. The molecule has 164 valence electrons. The SMILES string of the molecule is Cc1cccc(OCc2ccc(C(=O)Nc3nn(Cc4c(Cl)cccc4Cl)cc3Cl)o2)c1. The summed E-state index contributed by atoms with van der Waals surface area (Å²) in [6, 6.07) is 16.2. The molecular formula is C23H18Cl3N3O3. The number of furan rings is 1. The number of anilines is 1. The largest absolute Gasteiger partial charge is 0.486 e. The third kappa shape index (κ3) is 5.27. The molecule has 1 amide bonds. The van der Waals surface area contributed by atoms with Gasteiger partial charge in [-0.1, -0.05) is 53.0 Å². The summed E-state index contributed by atoms with van der Waals surface area (Å²) in [5.41, 5.74) is 1.80. The number of hydrogen-bond acceptors (Lipinski definition) is 4. The number of rotatable bonds is 7. The van der Waals surface area contributed by atoms with Crippen LogP contribution in [0.4, 0.5) is 5.82 Å². The zero-order valence-electron chi connectivity index (χ0n) is 16.9. The fraction of sp³-hybridized carbons (Fsp3) is 0.130. The van der Waals surface area contributed by atoms with E-state index in [2.05, 4.69) is 10.4 Å². The quantitative estimate of drug-likeness (QED) is 0.316. The third-order valence-corrected chi connectivity index (χ3v) is 5.57. The van der Waals surface area contributed by atoms with Gasteiger partial charge in [0.25, 0.3) is 5.91 Å². The minimum Gasteiger partial charge on any atom is -0.486 e. The van der Waals surface area contributed by atoms with Crippen molar-refractivity contribution in [2.75, 3.05) is 5.32 Å². The minimum atomic E-state index is -0.477. The van der Waals surface area contributed by atoms with Gasteiger partial charge in [0.05, 0.1) is 6.54 Å². The maximum atomic E-state index is 12.6. The smallest absolute Gasteiger partial charge is 0.292 e. The van der Waals surface area contributed by atoms with Gasteiger partial charge < -0.3 is 14.5 Å². The van der Waals surface area contributed by atoms with E-state index in [9.17, 15) is 4.79 Å². The van der Waals surface area contributed by atoms with Gasteiger partial charge in [-0.15, -0.1) is 0 Å². The highest BCUT2D eigenvalue weighted by atomic mass is 35.5. The van der Waals surface area contributed by atoms with Gasteiger partial charge >= 0.3 is 0 Å². The van der Waals surface area contributed by atoms with Gasteiger partial charge in [-0.2, -0.15) is 5.10 Å². The van der Waals surface area contributed by atoms with Gasteiger partial charge in [0.15, 0.2) is 11.6 Å². The fourth-order valence-electron chi connectivity index (χ4n) is 3.01. The third-order valence-electron chi connectivity index (χ3n) is 4.59. The Morgan fingerprint density at radius 2 is 1.81 bits per heavy atom. The molecule has 0 aliphatic heterocycles. The van der Waals surface area contributed by atoms with Crippen LogP contribution in [0.5, 0.6) is 5.75 Å². The summed E-state index contributed by atoms with van der Waals surface area (Å²) in [6.07, 6.45) is 1.58. The van der Waals surface area contributed by atoms with Crippen LogP contribution in [-0.2, 0) is 13.2 Å². The molecule has 2 aromatic heterocycles. The highest BCUT2D eigenvalue weighted by molar-refractivity contribution is 6.36. The second-order valence-corrected chi connectivity index (χ2v) is 8.27. The lowest BCUT2D eigenvalue weighted by molar-refractivity contribution is 0.0992. The Morgan fingerprint density at radius 3 is 2.56 bits per heavy atom. The number of nitrogens with zero attached hydrogens (tertiary/aromatic N) is 2. The van der Waals surface area contributed by atoms with Crippen LogP contribution in [-0.4, -0.2) is 15.7 Å². The number of carbonyl (C=O) groups is 1. The molecule has 0 bridgehead atoms. The molecule has 0 atom stereocenters. The monoisotopic (exact) mass is 489 g/mol. The van der Waals surface area contributed by atoms with E-state index < -0.39 is 5.91 Å². The molecule has 4 rings (SSSR count). The van der Waals surface area contributed by atoms with Crippen molar-refractivity contribution in [2.24, 2.45) is 0 Å². The number of amides is 1. The molecular weight excluding hydrogens is 473 g/mol. The highest BCUT2D eigenvalue weighted by Crippen LogP contribution is 2.27. The second kappa shape index (κ2) is 9.69. The molecule has 6 nitrogen and oxygen atoms in total. The maximum Gasteiger partial charge on any atom is 0.292 e. The number of carbonyl (C=O) groups excluding carboxylic acids is 1. The fourth-order valence-corrected chi connectivity index (χ4v) is 3.73. The Morgan fingerprint density at radius 1 is 1.06 bits per heavy atom. The zero-order chi connectivity index (χ0) is 22.7. The first-order valence-electron chi connectivity index (χ1n) is 9.64. The van der Waals surface area contributed by atoms with Gasteiger partial charge in [0.1, 0.15) is 23.1 Å². The van der Waals surface area contributed by atoms with Gasteiger partial charge in [0.2, 0.25) is 0 Å². The lowest BCUT2D eigenvalue weighted by Gasteiger charge is -2.06. The molecule has 0 radical (unpaired) electrons. The van der Waals surface area contributed by atoms with Gasteiger partial charge in [-0.25, -0.2) is 0 Å². The van der Waals surface area contributed by atoms with Crippen molar-refractivity contribution >= 4 is 46.5 Å². The molecule has 4 aromatic rings. The first-order chi connectivity index (χ1) is 15.4. The van der Waals surface area contributed by atoms with Crippen molar-refractivity contribution in [1.82, 2.24) is 9.78 Å². The highest BCUT2D eigenvalue weighted by Gasteiger charge is 2.17. The number of benzene rings is 2. The van der Waals surface area contributed by atoms with Crippen molar-refractivity contribution in [2.45, 2.75) is 20.1 Å². The van der Waals surface area contributed by atoms with Crippen molar-refractivity contribution in [3.8, 4) is 5.75 Å². The first-order valence-corrected chi connectivity index (χ1v) is 10.8. The molecule has 0 spiro atoms.